The number of hydrogen-bond donors (Lipinski definition) is 0. The summed E-state index contributed by atoms with van der Waals surface area (Å²) in [6.45, 7) is 1.62. The molecule has 9 heteroatoms. The molecule has 0 fully saturated rings. The van der Waals surface area contributed by atoms with Gasteiger partial charge < -0.3 is 13.9 Å². The molecule has 0 aliphatic rings. The van der Waals surface area contributed by atoms with Crippen LogP contribution in [0.25, 0.3) is 11.5 Å². The second kappa shape index (κ2) is 8.39. The van der Waals surface area contributed by atoms with E-state index in [4.69, 9.17) is 13.9 Å². The lowest BCUT2D eigenvalue weighted by Gasteiger charge is -2.08. The third-order valence-corrected chi connectivity index (χ3v) is 4.82. The van der Waals surface area contributed by atoms with Gasteiger partial charge in [-0.2, -0.15) is 0 Å². The Kier molecular flexibility index (Phi) is 5.93. The predicted molar refractivity (Wildman–Crippen MR) is 98.8 cm³/mol. The van der Waals surface area contributed by atoms with Crippen LogP contribution in [-0.4, -0.2) is 35.5 Å². The molecule has 0 aliphatic carbocycles. The van der Waals surface area contributed by atoms with Gasteiger partial charge in [0, 0.05) is 11.1 Å². The maximum absolute atomic E-state index is 13.3. The number of carbonyl (C=O) groups is 1. The van der Waals surface area contributed by atoms with Gasteiger partial charge >= 0.3 is 0 Å². The molecule has 146 valence electrons. The molecular weight excluding hydrogens is 390 g/mol. The number of ketones is 1. The molecule has 6 nitrogen and oxygen atoms in total. The monoisotopic (exact) mass is 406 g/mol. The first-order chi connectivity index (χ1) is 13.4. The van der Waals surface area contributed by atoms with E-state index in [1.54, 1.807) is 25.1 Å². The Morgan fingerprint density at radius 1 is 1.04 bits per heavy atom. The lowest BCUT2D eigenvalue weighted by Crippen LogP contribution is -2.14. The highest BCUT2D eigenvalue weighted by atomic mass is 32.2. The molecule has 1 aromatic heterocycles. The summed E-state index contributed by atoms with van der Waals surface area (Å²) in [5.74, 6) is -1.14. The lowest BCUT2D eigenvalue weighted by molar-refractivity contribution is 0.0993. The number of methoxy groups -OCH3 is 2. The number of halogens is 2. The maximum atomic E-state index is 13.3. The van der Waals surface area contributed by atoms with E-state index in [0.29, 0.717) is 17.1 Å². The van der Waals surface area contributed by atoms with Crippen LogP contribution in [0.5, 0.6) is 11.5 Å². The molecule has 0 amide bonds. The highest BCUT2D eigenvalue weighted by Gasteiger charge is 2.21. The molecule has 1 heterocycles. The van der Waals surface area contributed by atoms with Crippen molar-refractivity contribution in [1.29, 1.82) is 0 Å². The van der Waals surface area contributed by atoms with E-state index in [1.165, 1.54) is 20.3 Å². The summed E-state index contributed by atoms with van der Waals surface area (Å²) in [6, 6.07) is 8.16. The van der Waals surface area contributed by atoms with Gasteiger partial charge in [0.15, 0.2) is 28.9 Å². The molecule has 28 heavy (non-hydrogen) atoms. The highest BCUT2D eigenvalue weighted by Crippen LogP contribution is 2.33. The third kappa shape index (κ3) is 4.14. The van der Waals surface area contributed by atoms with Crippen molar-refractivity contribution in [3.63, 3.8) is 0 Å². The van der Waals surface area contributed by atoms with E-state index in [0.717, 1.165) is 23.9 Å². The van der Waals surface area contributed by atoms with E-state index in [-0.39, 0.29) is 22.5 Å². The highest BCUT2D eigenvalue weighted by molar-refractivity contribution is 8.00. The number of thioether (sulfide) groups is 1. The number of carbonyl (C=O) groups excluding carboxylic acids is 1. The fourth-order valence-electron chi connectivity index (χ4n) is 2.43. The van der Waals surface area contributed by atoms with Crippen LogP contribution in [0.15, 0.2) is 46.0 Å². The normalized spacial score (nSPS) is 11.9. The molecule has 3 rings (SSSR count). The van der Waals surface area contributed by atoms with Gasteiger partial charge in [0.25, 0.3) is 5.22 Å². The van der Waals surface area contributed by atoms with Gasteiger partial charge in [-0.05, 0) is 43.3 Å². The second-order valence-corrected chi connectivity index (χ2v) is 6.99. The molecule has 2 aromatic carbocycles. The van der Waals surface area contributed by atoms with Crippen molar-refractivity contribution < 1.29 is 27.5 Å². The van der Waals surface area contributed by atoms with Crippen LogP contribution in [0.2, 0.25) is 0 Å². The van der Waals surface area contributed by atoms with E-state index in [9.17, 15) is 13.6 Å². The SMILES string of the molecule is COc1ccc(-c2nnc(S[C@@H](C)C(=O)c3ccc(F)c(F)c3)o2)cc1OC. The van der Waals surface area contributed by atoms with Crippen molar-refractivity contribution in [2.75, 3.05) is 14.2 Å². The fourth-order valence-corrected chi connectivity index (χ4v) is 3.19. The molecule has 0 unspecified atom stereocenters. The Balaban J connectivity index is 1.75. The smallest absolute Gasteiger partial charge is 0.277 e. The number of aromatic nitrogens is 2. The minimum absolute atomic E-state index is 0.0681. The molecule has 1 atom stereocenters. The van der Waals surface area contributed by atoms with Gasteiger partial charge in [-0.1, -0.05) is 11.8 Å². The Morgan fingerprint density at radius 2 is 1.79 bits per heavy atom. The molecule has 0 saturated heterocycles. The van der Waals surface area contributed by atoms with Crippen molar-refractivity contribution in [2.24, 2.45) is 0 Å². The zero-order chi connectivity index (χ0) is 20.3. The largest absolute Gasteiger partial charge is 0.493 e. The average Bonchev–Trinajstić information content (AvgIpc) is 3.17. The minimum Gasteiger partial charge on any atom is -0.493 e. The number of rotatable bonds is 7. The predicted octanol–water partition coefficient (Wildman–Crippen LogP) is 4.40. The summed E-state index contributed by atoms with van der Waals surface area (Å²) < 4.78 is 42.4. The Bertz CT molecular complexity index is 1010. The van der Waals surface area contributed by atoms with Gasteiger partial charge in [-0.15, -0.1) is 10.2 Å². The van der Waals surface area contributed by atoms with Crippen LogP contribution < -0.4 is 9.47 Å². The summed E-state index contributed by atoms with van der Waals surface area (Å²) in [4.78, 5) is 12.4. The molecule has 0 spiro atoms. The summed E-state index contributed by atoms with van der Waals surface area (Å²) in [5.41, 5.74) is 0.690. The first-order valence-corrected chi connectivity index (χ1v) is 9.02. The van der Waals surface area contributed by atoms with Gasteiger partial charge in [-0.3, -0.25) is 4.79 Å². The summed E-state index contributed by atoms with van der Waals surface area (Å²) in [5, 5.41) is 7.44. The Morgan fingerprint density at radius 3 is 2.46 bits per heavy atom. The second-order valence-electron chi connectivity index (χ2n) is 5.70. The summed E-state index contributed by atoms with van der Waals surface area (Å²) in [6.07, 6.45) is 0. The van der Waals surface area contributed by atoms with Crippen molar-refractivity contribution in [1.82, 2.24) is 10.2 Å². The maximum Gasteiger partial charge on any atom is 0.277 e. The fraction of sp³-hybridized carbons (Fsp3) is 0.211. The standard InChI is InChI=1S/C19H16F2N2O4S/c1-10(17(24)11-4-6-13(20)14(21)8-11)28-19-23-22-18(27-19)12-5-7-15(25-2)16(9-12)26-3/h4-10H,1-3H3/t10-/m0/s1. The van der Waals surface area contributed by atoms with E-state index < -0.39 is 16.9 Å². The van der Waals surface area contributed by atoms with Crippen molar-refractivity contribution in [3.8, 4) is 23.0 Å². The van der Waals surface area contributed by atoms with Gasteiger partial charge in [-0.25, -0.2) is 8.78 Å². The minimum atomic E-state index is -1.07. The van der Waals surface area contributed by atoms with Gasteiger partial charge in [0.1, 0.15) is 0 Å². The van der Waals surface area contributed by atoms with Crippen LogP contribution in [0.1, 0.15) is 17.3 Å². The topological polar surface area (TPSA) is 74.5 Å². The Labute approximate surface area is 163 Å². The van der Waals surface area contributed by atoms with Crippen LogP contribution in [0, 0.1) is 11.6 Å². The molecule has 0 N–H and O–H groups in total. The van der Waals surface area contributed by atoms with Crippen molar-refractivity contribution in [2.45, 2.75) is 17.4 Å². The van der Waals surface area contributed by atoms with Crippen molar-refractivity contribution >= 4 is 17.5 Å². The van der Waals surface area contributed by atoms with Gasteiger partial charge in [0.05, 0.1) is 19.5 Å². The lowest BCUT2D eigenvalue weighted by atomic mass is 10.1. The first kappa shape index (κ1) is 19.8. The molecule has 0 radical (unpaired) electrons. The zero-order valence-electron chi connectivity index (χ0n) is 15.2. The summed E-state index contributed by atoms with van der Waals surface area (Å²) in [7, 11) is 3.05. The number of benzene rings is 2. The number of hydrogen-bond acceptors (Lipinski definition) is 7. The Hall–Kier alpha value is -2.94. The average molecular weight is 406 g/mol. The van der Waals surface area contributed by atoms with Crippen LogP contribution in [0.4, 0.5) is 8.78 Å². The molecule has 0 aliphatic heterocycles. The van der Waals surface area contributed by atoms with E-state index in [2.05, 4.69) is 10.2 Å². The van der Waals surface area contributed by atoms with Crippen molar-refractivity contribution in [3.05, 3.63) is 53.6 Å². The quantitative estimate of drug-likeness (QED) is 0.425. The van der Waals surface area contributed by atoms with Crippen LogP contribution >= 0.6 is 11.8 Å². The van der Waals surface area contributed by atoms with E-state index >= 15 is 0 Å². The molecule has 0 bridgehead atoms. The number of nitrogens with zero attached hydrogens (tertiary/aromatic N) is 2. The molecular formula is C19H16F2N2O4S. The third-order valence-electron chi connectivity index (χ3n) is 3.89. The number of ether oxygens (including phenoxy) is 2. The van der Waals surface area contributed by atoms with Crippen LogP contribution in [0.3, 0.4) is 0 Å². The summed E-state index contributed by atoms with van der Waals surface area (Å²) >= 11 is 1.03. The van der Waals surface area contributed by atoms with E-state index in [1.807, 2.05) is 0 Å². The van der Waals surface area contributed by atoms with Gasteiger partial charge in [0.2, 0.25) is 5.89 Å². The number of Topliss-reactive ketones (excluding diaryl/α,β-unsaturated/α-hetero) is 1. The van der Waals surface area contributed by atoms with Crippen LogP contribution in [-0.2, 0) is 0 Å². The first-order valence-electron chi connectivity index (χ1n) is 8.14. The zero-order valence-corrected chi connectivity index (χ0v) is 16.0. The molecule has 0 saturated carbocycles. The molecule has 3 aromatic rings.